The Labute approximate surface area is 130 Å². The van der Waals surface area contributed by atoms with Crippen molar-refractivity contribution >= 4 is 10.0 Å². The van der Waals surface area contributed by atoms with Crippen LogP contribution < -0.4 is 9.57 Å². The minimum absolute atomic E-state index is 0.0930. The van der Waals surface area contributed by atoms with Crippen molar-refractivity contribution < 1.29 is 13.2 Å². The van der Waals surface area contributed by atoms with Gasteiger partial charge in [0.15, 0.2) is 0 Å². The van der Waals surface area contributed by atoms with Crippen molar-refractivity contribution in [3.05, 3.63) is 36.4 Å². The smallest absolute Gasteiger partial charge is 0.279 e. The zero-order chi connectivity index (χ0) is 16.4. The topological polar surface area (TPSA) is 86.1 Å². The van der Waals surface area contributed by atoms with Crippen LogP contribution in [0.1, 0.15) is 33.3 Å². The van der Waals surface area contributed by atoms with Crippen LogP contribution in [0.25, 0.3) is 0 Å². The molecule has 0 fully saturated rings. The van der Waals surface area contributed by atoms with E-state index in [0.29, 0.717) is 12.4 Å². The molecule has 1 aromatic carbocycles. The van der Waals surface area contributed by atoms with Crippen LogP contribution in [0, 0.1) is 0 Å². The van der Waals surface area contributed by atoms with Crippen LogP contribution >= 0.6 is 0 Å². The van der Waals surface area contributed by atoms with Gasteiger partial charge in [-0.15, -0.1) is 10.2 Å². The Kier molecular flexibility index (Phi) is 4.41. The standard InChI is InChI=1S/C14H20N4O3S/c1-5-21-12-7-6-11(14(2,3)4)8-13(12)22(19,20)17-18-9-15-16-10-18/h6-10,17H,5H2,1-4H3. The third-order valence-electron chi connectivity index (χ3n) is 3.04. The summed E-state index contributed by atoms with van der Waals surface area (Å²) in [6.07, 6.45) is 2.54. The maximum atomic E-state index is 12.6. The molecule has 120 valence electrons. The second-order valence-electron chi connectivity index (χ2n) is 5.81. The summed E-state index contributed by atoms with van der Waals surface area (Å²) in [4.78, 5) is 2.47. The molecule has 2 aromatic rings. The van der Waals surface area contributed by atoms with Gasteiger partial charge in [0, 0.05) is 0 Å². The highest BCUT2D eigenvalue weighted by Crippen LogP contribution is 2.31. The van der Waals surface area contributed by atoms with Crippen LogP contribution in [0.5, 0.6) is 5.75 Å². The molecule has 0 radical (unpaired) electrons. The van der Waals surface area contributed by atoms with Crippen molar-refractivity contribution in [1.29, 1.82) is 0 Å². The number of hydrogen-bond donors (Lipinski definition) is 1. The fourth-order valence-electron chi connectivity index (χ4n) is 1.90. The Hall–Kier alpha value is -2.09. The van der Waals surface area contributed by atoms with Crippen LogP contribution in [0.3, 0.4) is 0 Å². The van der Waals surface area contributed by atoms with E-state index in [4.69, 9.17) is 4.74 Å². The average molecular weight is 324 g/mol. The van der Waals surface area contributed by atoms with Crippen LogP contribution in [0.2, 0.25) is 0 Å². The van der Waals surface area contributed by atoms with Crippen molar-refractivity contribution in [3.8, 4) is 5.75 Å². The number of nitrogens with zero attached hydrogens (tertiary/aromatic N) is 3. The number of hydrogen-bond acceptors (Lipinski definition) is 5. The Balaban J connectivity index is 2.50. The molecule has 0 bridgehead atoms. The summed E-state index contributed by atoms with van der Waals surface area (Å²) in [6.45, 7) is 8.25. The molecule has 0 unspecified atom stereocenters. The van der Waals surface area contributed by atoms with Gasteiger partial charge in [0.05, 0.1) is 6.61 Å². The Morgan fingerprint density at radius 1 is 1.23 bits per heavy atom. The normalized spacial score (nSPS) is 12.2. The lowest BCUT2D eigenvalue weighted by molar-refractivity contribution is 0.330. The van der Waals surface area contributed by atoms with E-state index < -0.39 is 10.0 Å². The maximum Gasteiger partial charge on any atom is 0.279 e. The number of ether oxygens (including phenoxy) is 1. The van der Waals surface area contributed by atoms with E-state index in [1.807, 2.05) is 26.8 Å². The first-order chi connectivity index (χ1) is 10.2. The van der Waals surface area contributed by atoms with Gasteiger partial charge in [-0.25, -0.2) is 9.51 Å². The van der Waals surface area contributed by atoms with Gasteiger partial charge in [0.1, 0.15) is 23.3 Å². The summed E-state index contributed by atoms with van der Waals surface area (Å²) in [7, 11) is -3.81. The molecule has 8 heteroatoms. The molecule has 0 saturated heterocycles. The van der Waals surface area contributed by atoms with Crippen LogP contribution in [0.4, 0.5) is 0 Å². The molecular formula is C14H20N4O3S. The number of nitrogens with one attached hydrogen (secondary N) is 1. The van der Waals surface area contributed by atoms with Gasteiger partial charge in [-0.2, -0.15) is 8.42 Å². The van der Waals surface area contributed by atoms with Crippen LogP contribution in [-0.4, -0.2) is 29.9 Å². The van der Waals surface area contributed by atoms with Gasteiger partial charge in [-0.3, -0.25) is 0 Å². The molecule has 2 rings (SSSR count). The summed E-state index contributed by atoms with van der Waals surface area (Å²) < 4.78 is 31.8. The highest BCUT2D eigenvalue weighted by Gasteiger charge is 2.24. The second kappa shape index (κ2) is 5.96. The molecule has 1 aromatic heterocycles. The highest BCUT2D eigenvalue weighted by atomic mass is 32.2. The SMILES string of the molecule is CCOc1ccc(C(C)(C)C)cc1S(=O)(=O)Nn1cnnc1. The zero-order valence-corrected chi connectivity index (χ0v) is 13.9. The van der Waals surface area contributed by atoms with E-state index >= 15 is 0 Å². The maximum absolute atomic E-state index is 12.6. The molecule has 0 saturated carbocycles. The molecular weight excluding hydrogens is 304 g/mol. The summed E-state index contributed by atoms with van der Waals surface area (Å²) in [5.74, 6) is 0.316. The van der Waals surface area contributed by atoms with Gasteiger partial charge >= 0.3 is 0 Å². The predicted molar refractivity (Wildman–Crippen MR) is 82.9 cm³/mol. The molecule has 1 N–H and O–H groups in total. The predicted octanol–water partition coefficient (Wildman–Crippen LogP) is 1.91. The zero-order valence-electron chi connectivity index (χ0n) is 13.1. The van der Waals surface area contributed by atoms with Crippen molar-refractivity contribution in [1.82, 2.24) is 14.9 Å². The van der Waals surface area contributed by atoms with E-state index in [1.54, 1.807) is 19.1 Å². The highest BCUT2D eigenvalue weighted by molar-refractivity contribution is 7.92. The number of rotatable bonds is 5. The first kappa shape index (κ1) is 16.3. The second-order valence-corrected chi connectivity index (χ2v) is 7.44. The first-order valence-corrected chi connectivity index (χ1v) is 8.37. The quantitative estimate of drug-likeness (QED) is 0.908. The van der Waals surface area contributed by atoms with Gasteiger partial charge in [0.2, 0.25) is 0 Å². The van der Waals surface area contributed by atoms with E-state index in [2.05, 4.69) is 15.0 Å². The third kappa shape index (κ3) is 3.56. The molecule has 0 aliphatic carbocycles. The summed E-state index contributed by atoms with van der Waals surface area (Å²) in [5, 5.41) is 7.14. The van der Waals surface area contributed by atoms with Gasteiger partial charge in [-0.1, -0.05) is 26.8 Å². The largest absolute Gasteiger partial charge is 0.492 e. The van der Waals surface area contributed by atoms with Crippen molar-refractivity contribution in [2.75, 3.05) is 11.4 Å². The third-order valence-corrected chi connectivity index (χ3v) is 4.39. The fourth-order valence-corrected chi connectivity index (χ4v) is 3.04. The van der Waals surface area contributed by atoms with Gasteiger partial charge in [-0.05, 0) is 30.0 Å². The monoisotopic (exact) mass is 324 g/mol. The lowest BCUT2D eigenvalue weighted by Gasteiger charge is -2.21. The van der Waals surface area contributed by atoms with Crippen molar-refractivity contribution in [2.45, 2.75) is 38.0 Å². The van der Waals surface area contributed by atoms with Crippen LogP contribution in [-0.2, 0) is 15.4 Å². The van der Waals surface area contributed by atoms with E-state index in [0.717, 1.165) is 5.56 Å². The summed E-state index contributed by atoms with van der Waals surface area (Å²) in [5.41, 5.74) is 0.728. The van der Waals surface area contributed by atoms with Crippen molar-refractivity contribution in [3.63, 3.8) is 0 Å². The molecule has 7 nitrogen and oxygen atoms in total. The number of sulfonamides is 1. The first-order valence-electron chi connectivity index (χ1n) is 6.89. The van der Waals surface area contributed by atoms with Gasteiger partial charge < -0.3 is 4.74 Å². The fraction of sp³-hybridized carbons (Fsp3) is 0.429. The molecule has 0 aliphatic heterocycles. The lowest BCUT2D eigenvalue weighted by Crippen LogP contribution is -2.23. The number of benzene rings is 1. The molecule has 22 heavy (non-hydrogen) atoms. The summed E-state index contributed by atoms with van der Waals surface area (Å²) in [6, 6.07) is 5.20. The van der Waals surface area contributed by atoms with Crippen molar-refractivity contribution in [2.24, 2.45) is 0 Å². The van der Waals surface area contributed by atoms with Gasteiger partial charge in [0.25, 0.3) is 10.0 Å². The molecule has 0 aliphatic rings. The average Bonchev–Trinajstić information content (AvgIpc) is 2.90. The Morgan fingerprint density at radius 3 is 2.41 bits per heavy atom. The van der Waals surface area contributed by atoms with E-state index in [-0.39, 0.29) is 10.3 Å². The Bertz CT molecular complexity index is 734. The minimum Gasteiger partial charge on any atom is -0.492 e. The Morgan fingerprint density at radius 2 is 1.86 bits per heavy atom. The van der Waals surface area contributed by atoms with E-state index in [1.165, 1.54) is 17.3 Å². The molecule has 0 atom stereocenters. The minimum atomic E-state index is -3.81. The number of aromatic nitrogens is 3. The summed E-state index contributed by atoms with van der Waals surface area (Å²) >= 11 is 0. The van der Waals surface area contributed by atoms with E-state index in [9.17, 15) is 8.42 Å². The van der Waals surface area contributed by atoms with Crippen LogP contribution in [0.15, 0.2) is 35.7 Å². The molecule has 1 heterocycles. The molecule has 0 spiro atoms. The lowest BCUT2D eigenvalue weighted by atomic mass is 9.87. The molecule has 0 amide bonds.